The highest BCUT2D eigenvalue weighted by atomic mass is 16.1. The van der Waals surface area contributed by atoms with Crippen LogP contribution in [0.2, 0.25) is 0 Å². The number of imidazole rings is 1. The molecule has 1 fully saturated rings. The first-order valence-corrected chi connectivity index (χ1v) is 4.28. The molecule has 0 radical (unpaired) electrons. The van der Waals surface area contributed by atoms with E-state index in [-0.39, 0.29) is 18.0 Å². The number of ketones is 1. The molecule has 0 spiro atoms. The Morgan fingerprint density at radius 3 is 2.69 bits per heavy atom. The number of nitrogens with two attached hydrogens (primary N) is 1. The van der Waals surface area contributed by atoms with Gasteiger partial charge in [-0.05, 0) is 12.8 Å². The lowest BCUT2D eigenvalue weighted by atomic mass is 10.2. The van der Waals surface area contributed by atoms with E-state index in [1.54, 1.807) is 0 Å². The number of carbonyl (C=O) groups excluding carboxylic acids is 1. The molecule has 1 aliphatic rings. The Hall–Kier alpha value is -1.36. The lowest BCUT2D eigenvalue weighted by molar-refractivity contribution is 0.0996. The molecule has 1 aliphatic carbocycles. The second-order valence-corrected chi connectivity index (χ2v) is 3.27. The van der Waals surface area contributed by atoms with Crippen molar-refractivity contribution < 1.29 is 4.79 Å². The molecule has 70 valence electrons. The molecule has 1 aromatic rings. The Kier molecular flexibility index (Phi) is 1.81. The highest BCUT2D eigenvalue weighted by Crippen LogP contribution is 2.39. The average Bonchev–Trinajstić information content (AvgIpc) is 2.89. The number of nitrogens with one attached hydrogen (secondary N) is 2. The monoisotopic (exact) mass is 181 g/mol. The van der Waals surface area contributed by atoms with E-state index in [9.17, 15) is 9.59 Å². The first-order valence-electron chi connectivity index (χ1n) is 4.28. The smallest absolute Gasteiger partial charge is 0.323 e. The number of H-pyrrole nitrogens is 2. The van der Waals surface area contributed by atoms with E-state index < -0.39 is 0 Å². The van der Waals surface area contributed by atoms with Gasteiger partial charge >= 0.3 is 5.69 Å². The maximum Gasteiger partial charge on any atom is 0.323 e. The second kappa shape index (κ2) is 2.85. The van der Waals surface area contributed by atoms with Gasteiger partial charge in [-0.1, -0.05) is 0 Å². The molecule has 4 N–H and O–H groups in total. The SMILES string of the molecule is NCC(=O)c1[nH]c(=O)[nH]c1C1CC1. The van der Waals surface area contributed by atoms with Gasteiger partial charge < -0.3 is 15.7 Å². The largest absolute Gasteiger partial charge is 0.324 e. The summed E-state index contributed by atoms with van der Waals surface area (Å²) < 4.78 is 0. The molecule has 5 nitrogen and oxygen atoms in total. The number of aromatic nitrogens is 2. The third kappa shape index (κ3) is 1.42. The van der Waals surface area contributed by atoms with Crippen LogP contribution in [0.3, 0.4) is 0 Å². The van der Waals surface area contributed by atoms with Gasteiger partial charge in [0.15, 0.2) is 5.78 Å². The molecule has 0 aromatic carbocycles. The van der Waals surface area contributed by atoms with Gasteiger partial charge in [0.1, 0.15) is 5.69 Å². The van der Waals surface area contributed by atoms with Crippen LogP contribution in [0.4, 0.5) is 0 Å². The first-order chi connectivity index (χ1) is 6.22. The summed E-state index contributed by atoms with van der Waals surface area (Å²) in [5.74, 6) is 0.143. The number of carbonyl (C=O) groups is 1. The van der Waals surface area contributed by atoms with Crippen molar-refractivity contribution in [2.75, 3.05) is 6.54 Å². The fourth-order valence-electron chi connectivity index (χ4n) is 1.40. The summed E-state index contributed by atoms with van der Waals surface area (Å²) in [6.07, 6.45) is 2.08. The van der Waals surface area contributed by atoms with Gasteiger partial charge in [-0.2, -0.15) is 0 Å². The molecular formula is C8H11N3O2. The van der Waals surface area contributed by atoms with Gasteiger partial charge in [-0.25, -0.2) is 4.79 Å². The molecule has 13 heavy (non-hydrogen) atoms. The molecule has 2 rings (SSSR count). The van der Waals surface area contributed by atoms with Crippen LogP contribution < -0.4 is 11.4 Å². The molecule has 5 heteroatoms. The maximum absolute atomic E-state index is 11.3. The van der Waals surface area contributed by atoms with Crippen LogP contribution in [0.1, 0.15) is 34.9 Å². The zero-order chi connectivity index (χ0) is 9.42. The van der Waals surface area contributed by atoms with E-state index in [0.29, 0.717) is 11.6 Å². The third-order valence-electron chi connectivity index (χ3n) is 2.21. The van der Waals surface area contributed by atoms with Crippen molar-refractivity contribution in [2.24, 2.45) is 5.73 Å². The molecule has 1 heterocycles. The second-order valence-electron chi connectivity index (χ2n) is 3.27. The maximum atomic E-state index is 11.3. The van der Waals surface area contributed by atoms with E-state index in [1.807, 2.05) is 0 Å². The number of Topliss-reactive ketones (excluding diaryl/α,β-unsaturated/α-hetero) is 1. The van der Waals surface area contributed by atoms with Crippen LogP contribution >= 0.6 is 0 Å². The highest BCUT2D eigenvalue weighted by Gasteiger charge is 2.30. The number of rotatable bonds is 3. The van der Waals surface area contributed by atoms with E-state index >= 15 is 0 Å². The van der Waals surface area contributed by atoms with Crippen molar-refractivity contribution in [2.45, 2.75) is 18.8 Å². The van der Waals surface area contributed by atoms with Crippen LogP contribution in [0.25, 0.3) is 0 Å². The summed E-state index contributed by atoms with van der Waals surface area (Å²) in [4.78, 5) is 27.3. The Labute approximate surface area is 74.3 Å². The van der Waals surface area contributed by atoms with Crippen LogP contribution in [0, 0.1) is 0 Å². The standard InChI is InChI=1S/C8H11N3O2/c9-3-5(12)7-6(4-1-2-4)10-8(13)11-7/h4H,1-3,9H2,(H2,10,11,13). The molecule has 0 amide bonds. The van der Waals surface area contributed by atoms with Gasteiger partial charge in [0.25, 0.3) is 0 Å². The van der Waals surface area contributed by atoms with Crippen molar-refractivity contribution in [3.05, 3.63) is 21.9 Å². The summed E-state index contributed by atoms with van der Waals surface area (Å²) in [7, 11) is 0. The molecule has 0 unspecified atom stereocenters. The van der Waals surface area contributed by atoms with E-state index in [1.165, 1.54) is 0 Å². The molecule has 0 aliphatic heterocycles. The summed E-state index contributed by atoms with van der Waals surface area (Å²) in [6.45, 7) is -0.0620. The fourth-order valence-corrected chi connectivity index (χ4v) is 1.40. The van der Waals surface area contributed by atoms with E-state index in [2.05, 4.69) is 9.97 Å². The van der Waals surface area contributed by atoms with Crippen molar-refractivity contribution >= 4 is 5.78 Å². The van der Waals surface area contributed by atoms with Crippen LogP contribution in [-0.2, 0) is 0 Å². The van der Waals surface area contributed by atoms with Crippen molar-refractivity contribution in [3.63, 3.8) is 0 Å². The van der Waals surface area contributed by atoms with E-state index in [0.717, 1.165) is 18.5 Å². The van der Waals surface area contributed by atoms with Gasteiger partial charge in [0.05, 0.1) is 6.54 Å². The molecule has 1 aromatic heterocycles. The topological polar surface area (TPSA) is 91.7 Å². The minimum absolute atomic E-state index is 0.0620. The normalized spacial score (nSPS) is 16.1. The first kappa shape index (κ1) is 8.25. The summed E-state index contributed by atoms with van der Waals surface area (Å²) in [5.41, 5.74) is 6.00. The molecule has 1 saturated carbocycles. The Morgan fingerprint density at radius 2 is 2.15 bits per heavy atom. The lowest BCUT2D eigenvalue weighted by Crippen LogP contribution is -2.16. The van der Waals surface area contributed by atoms with Crippen LogP contribution in [0.5, 0.6) is 0 Å². The van der Waals surface area contributed by atoms with Crippen molar-refractivity contribution in [1.29, 1.82) is 0 Å². The lowest BCUT2D eigenvalue weighted by Gasteiger charge is -1.96. The third-order valence-corrected chi connectivity index (χ3v) is 2.21. The van der Waals surface area contributed by atoms with E-state index in [4.69, 9.17) is 5.73 Å². The van der Waals surface area contributed by atoms with Gasteiger partial charge in [-0.3, -0.25) is 4.79 Å². The summed E-state index contributed by atoms with van der Waals surface area (Å²) >= 11 is 0. The quantitative estimate of drug-likeness (QED) is 0.560. The summed E-state index contributed by atoms with van der Waals surface area (Å²) in [6, 6.07) is 0. The summed E-state index contributed by atoms with van der Waals surface area (Å²) in [5, 5.41) is 0. The Bertz CT molecular complexity index is 386. The fraction of sp³-hybridized carbons (Fsp3) is 0.500. The zero-order valence-corrected chi connectivity index (χ0v) is 7.09. The molecular weight excluding hydrogens is 170 g/mol. The number of hydrogen-bond donors (Lipinski definition) is 3. The Morgan fingerprint density at radius 1 is 1.46 bits per heavy atom. The van der Waals surface area contributed by atoms with Crippen molar-refractivity contribution in [1.82, 2.24) is 9.97 Å². The highest BCUT2D eigenvalue weighted by molar-refractivity contribution is 5.96. The van der Waals surface area contributed by atoms with Gasteiger partial charge in [0.2, 0.25) is 0 Å². The predicted octanol–water partition coefficient (Wildman–Crippen LogP) is -0.278. The Balaban J connectivity index is 2.42. The molecule has 0 bridgehead atoms. The van der Waals surface area contributed by atoms with Gasteiger partial charge in [-0.15, -0.1) is 0 Å². The minimum Gasteiger partial charge on any atom is -0.324 e. The molecule has 0 atom stereocenters. The predicted molar refractivity (Wildman–Crippen MR) is 46.8 cm³/mol. The van der Waals surface area contributed by atoms with Crippen molar-refractivity contribution in [3.8, 4) is 0 Å². The number of aromatic amines is 2. The number of hydrogen-bond acceptors (Lipinski definition) is 3. The minimum atomic E-state index is -0.321. The molecule has 0 saturated heterocycles. The zero-order valence-electron chi connectivity index (χ0n) is 7.09. The van der Waals surface area contributed by atoms with Crippen LogP contribution in [0.15, 0.2) is 4.79 Å². The van der Waals surface area contributed by atoms with Gasteiger partial charge in [0, 0.05) is 11.6 Å². The van der Waals surface area contributed by atoms with Crippen LogP contribution in [-0.4, -0.2) is 22.3 Å². The average molecular weight is 181 g/mol.